The fraction of sp³-hybridized carbons (Fsp3) is 0.667. The van der Waals surface area contributed by atoms with Crippen molar-refractivity contribution in [1.82, 2.24) is 15.3 Å². The summed E-state index contributed by atoms with van der Waals surface area (Å²) in [5.41, 5.74) is 0. The molecule has 5 nitrogen and oxygen atoms in total. The molecular formula is C6H8ClN3O2S. The maximum atomic E-state index is 9.16. The molecule has 2 heterocycles. The first-order chi connectivity index (χ1) is 6.24. The summed E-state index contributed by atoms with van der Waals surface area (Å²) in [6.45, 7) is 1.39. The van der Waals surface area contributed by atoms with Crippen molar-refractivity contribution in [3.8, 4) is 0 Å². The molecule has 1 aromatic heterocycles. The molecule has 1 aliphatic heterocycles. The number of aliphatic hydroxyl groups excluding tert-OH is 1. The molecule has 0 aliphatic carbocycles. The number of hydroxylamine groups is 2. The van der Waals surface area contributed by atoms with E-state index in [1.807, 2.05) is 0 Å². The normalized spacial score (nSPS) is 24.0. The molecule has 0 radical (unpaired) electrons. The van der Waals surface area contributed by atoms with E-state index in [2.05, 4.69) is 10.2 Å². The highest BCUT2D eigenvalue weighted by atomic mass is 35.5. The summed E-state index contributed by atoms with van der Waals surface area (Å²) in [5.74, 6) is 0. The van der Waals surface area contributed by atoms with Crippen molar-refractivity contribution in [2.45, 2.75) is 12.6 Å². The molecule has 0 saturated carbocycles. The highest BCUT2D eigenvalue weighted by Gasteiger charge is 2.22. The molecule has 0 aromatic carbocycles. The summed E-state index contributed by atoms with van der Waals surface area (Å²) in [4.78, 5) is 5.16. The van der Waals surface area contributed by atoms with Crippen LogP contribution >= 0.6 is 22.9 Å². The van der Waals surface area contributed by atoms with E-state index in [0.717, 1.165) is 5.01 Å². The van der Waals surface area contributed by atoms with Crippen LogP contribution < -0.4 is 0 Å². The smallest absolute Gasteiger partial charge is 0.207 e. The zero-order chi connectivity index (χ0) is 9.26. The minimum absolute atomic E-state index is 0.354. The van der Waals surface area contributed by atoms with Gasteiger partial charge in [-0.1, -0.05) is 11.3 Å². The Bertz CT molecular complexity index is 295. The Labute approximate surface area is 83.9 Å². The number of aliphatic hydroxyl groups is 1. The summed E-state index contributed by atoms with van der Waals surface area (Å²) in [5, 5.41) is 19.1. The quantitative estimate of drug-likeness (QED) is 0.779. The minimum Gasteiger partial charge on any atom is -0.389 e. The van der Waals surface area contributed by atoms with E-state index in [4.69, 9.17) is 21.5 Å². The number of halogens is 1. The van der Waals surface area contributed by atoms with Gasteiger partial charge in [-0.05, 0) is 11.6 Å². The summed E-state index contributed by atoms with van der Waals surface area (Å²) < 4.78 is 0.426. The monoisotopic (exact) mass is 221 g/mol. The maximum absolute atomic E-state index is 9.16. The highest BCUT2D eigenvalue weighted by Crippen LogP contribution is 2.18. The standard InChI is InChI=1S/C6H8ClN3O2S/c7-6-9-8-5(13-6)2-10-1-4(11)3-12-10/h4,11H,1-3H2/t4-/m0/s1. The van der Waals surface area contributed by atoms with Gasteiger partial charge in [0.05, 0.1) is 25.8 Å². The van der Waals surface area contributed by atoms with Crippen LogP contribution in [-0.2, 0) is 11.4 Å². The molecule has 1 atom stereocenters. The van der Waals surface area contributed by atoms with E-state index >= 15 is 0 Å². The SMILES string of the molecule is O[C@@H]1CON(Cc2nnc(Cl)s2)C1. The van der Waals surface area contributed by atoms with Crippen LogP contribution in [0, 0.1) is 0 Å². The first kappa shape index (κ1) is 9.29. The van der Waals surface area contributed by atoms with Crippen LogP contribution in [0.5, 0.6) is 0 Å². The maximum Gasteiger partial charge on any atom is 0.207 e. The van der Waals surface area contributed by atoms with Crippen molar-refractivity contribution in [2.75, 3.05) is 13.2 Å². The molecule has 2 rings (SSSR count). The fourth-order valence-corrected chi connectivity index (χ4v) is 1.96. The Hall–Kier alpha value is -0.270. The van der Waals surface area contributed by atoms with E-state index in [1.54, 1.807) is 5.06 Å². The second kappa shape index (κ2) is 3.85. The number of hydrogen-bond acceptors (Lipinski definition) is 6. The van der Waals surface area contributed by atoms with Gasteiger partial charge in [0.1, 0.15) is 5.01 Å². The average Bonchev–Trinajstić information content (AvgIpc) is 2.62. The van der Waals surface area contributed by atoms with Gasteiger partial charge in [-0.25, -0.2) is 0 Å². The van der Waals surface area contributed by atoms with Crippen LogP contribution in [0.4, 0.5) is 0 Å². The minimum atomic E-state index is -0.400. The number of hydrogen-bond donors (Lipinski definition) is 1. The van der Waals surface area contributed by atoms with Crippen molar-refractivity contribution in [3.63, 3.8) is 0 Å². The predicted molar refractivity (Wildman–Crippen MR) is 47.3 cm³/mol. The van der Waals surface area contributed by atoms with Crippen LogP contribution in [0.3, 0.4) is 0 Å². The predicted octanol–water partition coefficient (Wildman–Crippen LogP) is 0.300. The Morgan fingerprint density at radius 2 is 2.54 bits per heavy atom. The molecule has 0 bridgehead atoms. The number of aromatic nitrogens is 2. The molecule has 0 amide bonds. The van der Waals surface area contributed by atoms with Crippen LogP contribution in [0.15, 0.2) is 0 Å². The number of β-amino-alcohol motifs (C(OH)–C–C–N with tert-alkyl or cyclic N) is 1. The summed E-state index contributed by atoms with van der Waals surface area (Å²) >= 11 is 6.93. The van der Waals surface area contributed by atoms with Gasteiger partial charge in [-0.15, -0.1) is 10.2 Å². The van der Waals surface area contributed by atoms with Crippen LogP contribution in [0.2, 0.25) is 4.47 Å². The van der Waals surface area contributed by atoms with Gasteiger partial charge < -0.3 is 5.11 Å². The lowest BCUT2D eigenvalue weighted by molar-refractivity contribution is -0.118. The average molecular weight is 222 g/mol. The van der Waals surface area contributed by atoms with Gasteiger partial charge in [0.25, 0.3) is 0 Å². The summed E-state index contributed by atoms with van der Waals surface area (Å²) in [7, 11) is 0. The fourth-order valence-electron chi connectivity index (χ4n) is 1.09. The number of rotatable bonds is 2. The molecular weight excluding hydrogens is 214 g/mol. The molecule has 72 valence electrons. The van der Waals surface area contributed by atoms with Gasteiger partial charge in [0.2, 0.25) is 4.47 Å². The van der Waals surface area contributed by atoms with Crippen molar-refractivity contribution in [2.24, 2.45) is 0 Å². The third-order valence-electron chi connectivity index (χ3n) is 1.62. The lowest BCUT2D eigenvalue weighted by atomic mass is 10.4. The zero-order valence-corrected chi connectivity index (χ0v) is 8.25. The topological polar surface area (TPSA) is 58.5 Å². The zero-order valence-electron chi connectivity index (χ0n) is 6.68. The molecule has 1 aromatic rings. The van der Waals surface area contributed by atoms with Crippen molar-refractivity contribution in [1.29, 1.82) is 0 Å². The first-order valence-electron chi connectivity index (χ1n) is 3.78. The number of nitrogens with zero attached hydrogens (tertiary/aromatic N) is 3. The first-order valence-corrected chi connectivity index (χ1v) is 4.97. The molecule has 1 fully saturated rings. The molecule has 1 N–H and O–H groups in total. The van der Waals surface area contributed by atoms with Crippen LogP contribution in [0.1, 0.15) is 5.01 Å². The van der Waals surface area contributed by atoms with Gasteiger partial charge in [-0.3, -0.25) is 4.84 Å². The van der Waals surface area contributed by atoms with Crippen molar-refractivity contribution >= 4 is 22.9 Å². The lowest BCUT2D eigenvalue weighted by Crippen LogP contribution is -2.20. The van der Waals surface area contributed by atoms with Crippen LogP contribution in [0.25, 0.3) is 0 Å². The van der Waals surface area contributed by atoms with E-state index in [-0.39, 0.29) is 0 Å². The van der Waals surface area contributed by atoms with Gasteiger partial charge in [0.15, 0.2) is 0 Å². The van der Waals surface area contributed by atoms with Gasteiger partial charge in [-0.2, -0.15) is 5.06 Å². The van der Waals surface area contributed by atoms with Gasteiger partial charge in [0, 0.05) is 0 Å². The van der Waals surface area contributed by atoms with Gasteiger partial charge >= 0.3 is 0 Å². The largest absolute Gasteiger partial charge is 0.389 e. The molecule has 0 unspecified atom stereocenters. The van der Waals surface area contributed by atoms with Crippen molar-refractivity contribution < 1.29 is 9.94 Å². The molecule has 1 aliphatic rings. The molecule has 7 heteroatoms. The summed E-state index contributed by atoms with van der Waals surface area (Å²) in [6.07, 6.45) is -0.400. The highest BCUT2D eigenvalue weighted by molar-refractivity contribution is 7.15. The van der Waals surface area contributed by atoms with E-state index in [0.29, 0.717) is 24.2 Å². The molecule has 0 spiro atoms. The lowest BCUT2D eigenvalue weighted by Gasteiger charge is -2.09. The van der Waals surface area contributed by atoms with E-state index < -0.39 is 6.10 Å². The third-order valence-corrected chi connectivity index (χ3v) is 2.62. The molecule has 13 heavy (non-hydrogen) atoms. The Kier molecular flexibility index (Phi) is 2.75. The second-order valence-corrected chi connectivity index (χ2v) is 4.37. The van der Waals surface area contributed by atoms with E-state index in [9.17, 15) is 0 Å². The summed E-state index contributed by atoms with van der Waals surface area (Å²) in [6, 6.07) is 0. The van der Waals surface area contributed by atoms with E-state index in [1.165, 1.54) is 11.3 Å². The van der Waals surface area contributed by atoms with Crippen LogP contribution in [-0.4, -0.2) is 39.6 Å². The third kappa shape index (κ3) is 2.35. The Morgan fingerprint density at radius 1 is 1.69 bits per heavy atom. The Balaban J connectivity index is 1.91. The molecule has 1 saturated heterocycles. The Morgan fingerprint density at radius 3 is 3.08 bits per heavy atom. The second-order valence-electron chi connectivity index (χ2n) is 2.72. The van der Waals surface area contributed by atoms with Crippen molar-refractivity contribution in [3.05, 3.63) is 9.47 Å².